The number of hydrogen-bond acceptors (Lipinski definition) is 2. The van der Waals surface area contributed by atoms with Crippen LogP contribution < -0.4 is 5.73 Å². The molecule has 0 radical (unpaired) electrons. The van der Waals surface area contributed by atoms with Gasteiger partial charge >= 0.3 is 5.97 Å². The summed E-state index contributed by atoms with van der Waals surface area (Å²) in [6, 6.07) is 1.79. The number of fused-ring (bicyclic) bond motifs is 1. The number of carbonyl (C=O) groups is 1. The fourth-order valence-corrected chi connectivity index (χ4v) is 3.05. The third-order valence-electron chi connectivity index (χ3n) is 4.07. The number of nitrogens with zero attached hydrogens (tertiary/aromatic N) is 1. The maximum Gasteiger partial charge on any atom is 0.335 e. The first kappa shape index (κ1) is 15.6. The minimum absolute atomic E-state index is 0.395. The second-order valence-electron chi connectivity index (χ2n) is 5.63. The van der Waals surface area contributed by atoms with E-state index in [1.165, 1.54) is 0 Å². The van der Waals surface area contributed by atoms with Crippen LogP contribution in [0.15, 0.2) is 12.3 Å². The van der Waals surface area contributed by atoms with Crippen molar-refractivity contribution in [1.82, 2.24) is 4.57 Å². The Morgan fingerprint density at radius 1 is 1.38 bits per heavy atom. The number of carboxylic acid groups (broad SMARTS) is 1. The van der Waals surface area contributed by atoms with E-state index in [-0.39, 0.29) is 0 Å². The van der Waals surface area contributed by atoms with Gasteiger partial charge in [0.2, 0.25) is 0 Å². The lowest BCUT2D eigenvalue weighted by Crippen LogP contribution is -2.04. The van der Waals surface area contributed by atoms with Crippen LogP contribution in [0.2, 0.25) is 0 Å². The Balaban J connectivity index is 2.74. The number of rotatable bonds is 6. The van der Waals surface area contributed by atoms with Crippen LogP contribution in [0.1, 0.15) is 46.8 Å². The smallest absolute Gasteiger partial charge is 0.335 e. The molecule has 0 saturated carbocycles. The molecule has 1 heterocycles. The summed E-state index contributed by atoms with van der Waals surface area (Å²) in [6.07, 6.45) is 5.18. The zero-order chi connectivity index (χ0) is 15.6. The number of hydrogen-bond donors (Lipinski definition) is 2. The summed E-state index contributed by atoms with van der Waals surface area (Å²) < 4.78 is 2.26. The largest absolute Gasteiger partial charge is 0.478 e. The number of benzene rings is 1. The van der Waals surface area contributed by atoms with Crippen LogP contribution >= 0.6 is 0 Å². The predicted molar refractivity (Wildman–Crippen MR) is 86.0 cm³/mol. The Labute approximate surface area is 125 Å². The summed E-state index contributed by atoms with van der Waals surface area (Å²) in [5.41, 5.74) is 10.3. The van der Waals surface area contributed by atoms with Crippen molar-refractivity contribution in [2.45, 2.75) is 46.6 Å². The first-order valence-corrected chi connectivity index (χ1v) is 7.56. The highest BCUT2D eigenvalue weighted by molar-refractivity contribution is 6.00. The topological polar surface area (TPSA) is 68.2 Å². The van der Waals surface area contributed by atoms with Gasteiger partial charge in [-0.1, -0.05) is 13.3 Å². The van der Waals surface area contributed by atoms with Crippen molar-refractivity contribution in [1.29, 1.82) is 0 Å². The summed E-state index contributed by atoms with van der Waals surface area (Å²) in [6.45, 7) is 7.60. The molecule has 3 N–H and O–H groups in total. The lowest BCUT2D eigenvalue weighted by Gasteiger charge is -2.10. The van der Waals surface area contributed by atoms with Crippen LogP contribution in [0.3, 0.4) is 0 Å². The molecule has 0 aliphatic heterocycles. The molecule has 0 amide bonds. The van der Waals surface area contributed by atoms with Gasteiger partial charge in [0.05, 0.1) is 11.1 Å². The summed E-state index contributed by atoms with van der Waals surface area (Å²) >= 11 is 0. The Bertz CT molecular complexity index is 671. The van der Waals surface area contributed by atoms with Crippen molar-refractivity contribution in [3.05, 3.63) is 34.5 Å². The van der Waals surface area contributed by atoms with Crippen molar-refractivity contribution < 1.29 is 9.90 Å². The lowest BCUT2D eigenvalue weighted by atomic mass is 9.97. The lowest BCUT2D eigenvalue weighted by molar-refractivity contribution is 0.0696. The Morgan fingerprint density at radius 2 is 2.10 bits per heavy atom. The molecule has 1 aromatic heterocycles. The van der Waals surface area contributed by atoms with Gasteiger partial charge < -0.3 is 15.4 Å². The first-order valence-electron chi connectivity index (χ1n) is 7.56. The van der Waals surface area contributed by atoms with E-state index in [2.05, 4.69) is 17.7 Å². The first-order chi connectivity index (χ1) is 10.0. The van der Waals surface area contributed by atoms with Crippen LogP contribution in [-0.4, -0.2) is 22.2 Å². The maximum absolute atomic E-state index is 11.4. The summed E-state index contributed by atoms with van der Waals surface area (Å²) in [5.74, 6) is -0.863. The van der Waals surface area contributed by atoms with Gasteiger partial charge in [-0.15, -0.1) is 0 Å². The molecule has 4 heteroatoms. The van der Waals surface area contributed by atoms with E-state index in [0.29, 0.717) is 12.1 Å². The summed E-state index contributed by atoms with van der Waals surface area (Å²) in [5, 5.41) is 10.5. The molecular weight excluding hydrogens is 264 g/mol. The minimum atomic E-state index is -0.863. The van der Waals surface area contributed by atoms with Gasteiger partial charge in [0, 0.05) is 18.1 Å². The average molecular weight is 288 g/mol. The van der Waals surface area contributed by atoms with E-state index in [4.69, 9.17) is 5.73 Å². The molecule has 0 atom stereocenters. The van der Waals surface area contributed by atoms with Crippen molar-refractivity contribution in [3.8, 4) is 0 Å². The van der Waals surface area contributed by atoms with Gasteiger partial charge in [0.25, 0.3) is 0 Å². The number of carboxylic acids is 1. The highest BCUT2D eigenvalue weighted by Gasteiger charge is 2.18. The van der Waals surface area contributed by atoms with E-state index in [1.54, 1.807) is 6.07 Å². The molecule has 1 aromatic carbocycles. The quantitative estimate of drug-likeness (QED) is 0.857. The fourth-order valence-electron chi connectivity index (χ4n) is 3.05. The molecule has 0 aliphatic rings. The Kier molecular flexibility index (Phi) is 4.68. The van der Waals surface area contributed by atoms with Crippen molar-refractivity contribution in [2.24, 2.45) is 5.73 Å². The van der Waals surface area contributed by atoms with E-state index >= 15 is 0 Å². The summed E-state index contributed by atoms with van der Waals surface area (Å²) in [7, 11) is 0. The Morgan fingerprint density at radius 3 is 2.67 bits per heavy atom. The number of aromatic carboxylic acids is 1. The van der Waals surface area contributed by atoms with E-state index in [9.17, 15) is 9.90 Å². The van der Waals surface area contributed by atoms with E-state index in [1.807, 2.05) is 13.8 Å². The van der Waals surface area contributed by atoms with E-state index in [0.717, 1.165) is 53.4 Å². The van der Waals surface area contributed by atoms with Crippen LogP contribution in [0.4, 0.5) is 0 Å². The highest BCUT2D eigenvalue weighted by atomic mass is 16.4. The van der Waals surface area contributed by atoms with Gasteiger partial charge in [-0.05, 0) is 56.0 Å². The van der Waals surface area contributed by atoms with Gasteiger partial charge in [-0.25, -0.2) is 4.79 Å². The van der Waals surface area contributed by atoms with Crippen molar-refractivity contribution in [3.63, 3.8) is 0 Å². The second-order valence-corrected chi connectivity index (χ2v) is 5.63. The molecule has 0 fully saturated rings. The van der Waals surface area contributed by atoms with E-state index < -0.39 is 5.97 Å². The number of aryl methyl sites for hydroxylation is 3. The number of aromatic nitrogens is 1. The second kappa shape index (κ2) is 6.31. The maximum atomic E-state index is 11.4. The van der Waals surface area contributed by atoms with Crippen LogP contribution in [-0.2, 0) is 13.0 Å². The van der Waals surface area contributed by atoms with Gasteiger partial charge in [0.1, 0.15) is 0 Å². The van der Waals surface area contributed by atoms with Crippen molar-refractivity contribution in [2.75, 3.05) is 6.54 Å². The van der Waals surface area contributed by atoms with Crippen LogP contribution in [0, 0.1) is 13.8 Å². The van der Waals surface area contributed by atoms with Gasteiger partial charge in [-0.3, -0.25) is 0 Å². The van der Waals surface area contributed by atoms with Gasteiger partial charge in [-0.2, -0.15) is 0 Å². The molecule has 0 saturated heterocycles. The third-order valence-corrected chi connectivity index (χ3v) is 4.07. The van der Waals surface area contributed by atoms with Crippen LogP contribution in [0.25, 0.3) is 10.9 Å². The molecule has 0 aliphatic carbocycles. The standard InChI is InChI=1S/C17H24N2O2/c1-4-5-8-19-10-13(6-7-18)15-12(3)14(17(20)21)9-11(2)16(15)19/h9-10H,4-8,18H2,1-3H3,(H,20,21). The van der Waals surface area contributed by atoms with Crippen LogP contribution in [0.5, 0.6) is 0 Å². The zero-order valence-electron chi connectivity index (χ0n) is 13.1. The number of nitrogens with two attached hydrogens (primary N) is 1. The summed E-state index contributed by atoms with van der Waals surface area (Å²) in [4.78, 5) is 11.4. The Hall–Kier alpha value is -1.81. The molecular formula is C17H24N2O2. The third kappa shape index (κ3) is 2.81. The minimum Gasteiger partial charge on any atom is -0.478 e. The molecule has 2 rings (SSSR count). The molecule has 21 heavy (non-hydrogen) atoms. The number of unbranched alkanes of at least 4 members (excludes halogenated alkanes) is 1. The molecule has 0 bridgehead atoms. The molecule has 0 spiro atoms. The fraction of sp³-hybridized carbons (Fsp3) is 0.471. The molecule has 0 unspecified atom stereocenters. The molecule has 114 valence electrons. The van der Waals surface area contributed by atoms with Crippen molar-refractivity contribution >= 4 is 16.9 Å². The molecule has 2 aromatic rings. The van der Waals surface area contributed by atoms with Gasteiger partial charge in [0.15, 0.2) is 0 Å². The monoisotopic (exact) mass is 288 g/mol. The highest BCUT2D eigenvalue weighted by Crippen LogP contribution is 2.31. The normalized spacial score (nSPS) is 11.2. The zero-order valence-corrected chi connectivity index (χ0v) is 13.1. The predicted octanol–water partition coefficient (Wildman–Crippen LogP) is 3.26. The molecule has 4 nitrogen and oxygen atoms in total. The SMILES string of the molecule is CCCCn1cc(CCN)c2c(C)c(C(=O)O)cc(C)c21. The average Bonchev–Trinajstić information content (AvgIpc) is 2.80.